The first kappa shape index (κ1) is 14.8. The zero-order chi connectivity index (χ0) is 13.9. The topological polar surface area (TPSA) is 47.6 Å². The van der Waals surface area contributed by atoms with Crippen LogP contribution >= 0.6 is 0 Å². The molecule has 2 rings (SSSR count). The summed E-state index contributed by atoms with van der Waals surface area (Å²) < 4.78 is 10.8. The molecule has 4 heteroatoms. The second-order valence-corrected chi connectivity index (χ2v) is 6.24. The second kappa shape index (κ2) is 5.80. The van der Waals surface area contributed by atoms with Crippen LogP contribution in [-0.4, -0.2) is 37.9 Å². The Kier molecular flexibility index (Phi) is 4.51. The Morgan fingerprint density at radius 2 is 2.11 bits per heavy atom. The SMILES string of the molecule is CCC(NCC1(C)CCCO1)C1(C(=O)OC)CCC1. The summed E-state index contributed by atoms with van der Waals surface area (Å²) in [4.78, 5) is 12.1. The number of ether oxygens (including phenoxy) is 2. The maximum absolute atomic E-state index is 12.1. The number of hydrogen-bond donors (Lipinski definition) is 1. The van der Waals surface area contributed by atoms with Gasteiger partial charge in [0.2, 0.25) is 0 Å². The third-order valence-corrected chi connectivity index (χ3v) is 4.94. The molecular formula is C15H27NO3. The molecule has 0 aromatic heterocycles. The first-order valence-electron chi connectivity index (χ1n) is 7.52. The van der Waals surface area contributed by atoms with E-state index in [2.05, 4.69) is 19.2 Å². The van der Waals surface area contributed by atoms with Gasteiger partial charge in [-0.1, -0.05) is 13.3 Å². The van der Waals surface area contributed by atoms with Gasteiger partial charge in [-0.25, -0.2) is 0 Å². The molecule has 2 atom stereocenters. The van der Waals surface area contributed by atoms with Crippen LogP contribution in [0.4, 0.5) is 0 Å². The molecule has 4 nitrogen and oxygen atoms in total. The number of methoxy groups -OCH3 is 1. The smallest absolute Gasteiger partial charge is 0.313 e. The standard InChI is InChI=1S/C15H27NO3/c1-4-12(15(8-5-9-15)13(17)18-3)16-11-14(2)7-6-10-19-14/h12,16H,4-11H2,1-3H3. The van der Waals surface area contributed by atoms with Gasteiger partial charge in [0, 0.05) is 19.2 Å². The lowest BCUT2D eigenvalue weighted by molar-refractivity contribution is -0.161. The van der Waals surface area contributed by atoms with Gasteiger partial charge < -0.3 is 14.8 Å². The van der Waals surface area contributed by atoms with Crippen molar-refractivity contribution in [1.82, 2.24) is 5.32 Å². The molecule has 0 bridgehead atoms. The minimum atomic E-state index is -0.293. The molecule has 1 N–H and O–H groups in total. The maximum Gasteiger partial charge on any atom is 0.313 e. The average molecular weight is 269 g/mol. The summed E-state index contributed by atoms with van der Waals surface area (Å²) in [7, 11) is 1.50. The Morgan fingerprint density at radius 3 is 2.53 bits per heavy atom. The average Bonchev–Trinajstić information content (AvgIpc) is 2.78. The van der Waals surface area contributed by atoms with E-state index in [0.29, 0.717) is 0 Å². The largest absolute Gasteiger partial charge is 0.469 e. The molecule has 0 radical (unpaired) electrons. The van der Waals surface area contributed by atoms with E-state index in [1.54, 1.807) is 0 Å². The number of hydrogen-bond acceptors (Lipinski definition) is 4. The Morgan fingerprint density at radius 1 is 1.37 bits per heavy atom. The summed E-state index contributed by atoms with van der Waals surface area (Å²) in [6.45, 7) is 5.98. The van der Waals surface area contributed by atoms with Crippen LogP contribution in [0.3, 0.4) is 0 Å². The Balaban J connectivity index is 1.97. The van der Waals surface area contributed by atoms with Crippen LogP contribution in [0.2, 0.25) is 0 Å². The van der Waals surface area contributed by atoms with Crippen LogP contribution in [0.1, 0.15) is 52.4 Å². The number of esters is 1. The van der Waals surface area contributed by atoms with Crippen LogP contribution in [0.15, 0.2) is 0 Å². The molecule has 1 aliphatic heterocycles. The van der Waals surface area contributed by atoms with E-state index in [4.69, 9.17) is 9.47 Å². The van der Waals surface area contributed by atoms with Crippen LogP contribution in [-0.2, 0) is 14.3 Å². The second-order valence-electron chi connectivity index (χ2n) is 6.24. The molecule has 1 saturated heterocycles. The van der Waals surface area contributed by atoms with E-state index >= 15 is 0 Å². The van der Waals surface area contributed by atoms with Gasteiger partial charge in [0.15, 0.2) is 0 Å². The van der Waals surface area contributed by atoms with Crippen molar-refractivity contribution in [3.8, 4) is 0 Å². The normalized spacial score (nSPS) is 30.7. The Bertz CT molecular complexity index is 319. The van der Waals surface area contributed by atoms with Crippen molar-refractivity contribution in [1.29, 1.82) is 0 Å². The van der Waals surface area contributed by atoms with Crippen LogP contribution in [0.25, 0.3) is 0 Å². The lowest BCUT2D eigenvalue weighted by Gasteiger charge is -2.46. The number of carbonyl (C=O) groups is 1. The van der Waals surface area contributed by atoms with Gasteiger partial charge in [0.05, 0.1) is 18.1 Å². The third kappa shape index (κ3) is 2.79. The van der Waals surface area contributed by atoms with Crippen molar-refractivity contribution in [3.63, 3.8) is 0 Å². The third-order valence-electron chi connectivity index (χ3n) is 4.94. The van der Waals surface area contributed by atoms with Gasteiger partial charge in [-0.2, -0.15) is 0 Å². The number of carbonyl (C=O) groups excluding carboxylic acids is 1. The highest BCUT2D eigenvalue weighted by atomic mass is 16.5. The monoisotopic (exact) mass is 269 g/mol. The molecule has 0 aromatic rings. The summed E-state index contributed by atoms with van der Waals surface area (Å²) in [6, 6.07) is 0.203. The lowest BCUT2D eigenvalue weighted by Crippen LogP contribution is -2.56. The molecule has 0 spiro atoms. The van der Waals surface area contributed by atoms with Crippen LogP contribution < -0.4 is 5.32 Å². The fraction of sp³-hybridized carbons (Fsp3) is 0.933. The van der Waals surface area contributed by atoms with Crippen LogP contribution in [0.5, 0.6) is 0 Å². The van der Waals surface area contributed by atoms with Crippen molar-refractivity contribution >= 4 is 5.97 Å². The van der Waals surface area contributed by atoms with Gasteiger partial charge in [-0.05, 0) is 39.0 Å². The molecule has 2 aliphatic rings. The highest BCUT2D eigenvalue weighted by Gasteiger charge is 2.51. The van der Waals surface area contributed by atoms with E-state index in [1.165, 1.54) is 7.11 Å². The summed E-state index contributed by atoms with van der Waals surface area (Å²) in [5.41, 5.74) is -0.354. The molecule has 2 unspecified atom stereocenters. The summed E-state index contributed by atoms with van der Waals surface area (Å²) in [5, 5.41) is 3.58. The predicted octanol–water partition coefficient (Wildman–Crippen LogP) is 2.27. The van der Waals surface area contributed by atoms with Gasteiger partial charge in [0.1, 0.15) is 0 Å². The molecule has 110 valence electrons. The van der Waals surface area contributed by atoms with E-state index in [1.807, 2.05) is 0 Å². The van der Waals surface area contributed by atoms with Crippen molar-refractivity contribution < 1.29 is 14.3 Å². The molecular weight excluding hydrogens is 242 g/mol. The fourth-order valence-electron chi connectivity index (χ4n) is 3.50. The van der Waals surface area contributed by atoms with Gasteiger partial charge >= 0.3 is 5.97 Å². The molecule has 1 heterocycles. The first-order chi connectivity index (χ1) is 9.06. The number of rotatable bonds is 6. The van der Waals surface area contributed by atoms with E-state index in [9.17, 15) is 4.79 Å². The van der Waals surface area contributed by atoms with Crippen molar-refractivity contribution in [2.75, 3.05) is 20.3 Å². The van der Waals surface area contributed by atoms with Crippen molar-refractivity contribution in [2.45, 2.75) is 64.0 Å². The molecule has 1 saturated carbocycles. The van der Waals surface area contributed by atoms with E-state index in [0.717, 1.165) is 51.7 Å². The molecule has 0 aromatic carbocycles. The summed E-state index contributed by atoms with van der Waals surface area (Å²) in [6.07, 6.45) is 6.20. The number of nitrogens with one attached hydrogen (secondary N) is 1. The van der Waals surface area contributed by atoms with Gasteiger partial charge in [0.25, 0.3) is 0 Å². The summed E-state index contributed by atoms with van der Waals surface area (Å²) >= 11 is 0. The molecule has 1 aliphatic carbocycles. The predicted molar refractivity (Wildman–Crippen MR) is 74.0 cm³/mol. The highest BCUT2D eigenvalue weighted by molar-refractivity contribution is 5.78. The van der Waals surface area contributed by atoms with Gasteiger partial charge in [-0.3, -0.25) is 4.79 Å². The molecule has 19 heavy (non-hydrogen) atoms. The zero-order valence-corrected chi connectivity index (χ0v) is 12.5. The highest BCUT2D eigenvalue weighted by Crippen LogP contribution is 2.46. The first-order valence-corrected chi connectivity index (χ1v) is 7.52. The fourth-order valence-corrected chi connectivity index (χ4v) is 3.50. The molecule has 2 fully saturated rings. The van der Waals surface area contributed by atoms with E-state index < -0.39 is 0 Å². The summed E-state index contributed by atoms with van der Waals surface area (Å²) in [5.74, 6) is -0.0457. The maximum atomic E-state index is 12.1. The minimum Gasteiger partial charge on any atom is -0.469 e. The minimum absolute atomic E-state index is 0.0457. The van der Waals surface area contributed by atoms with Crippen LogP contribution in [0, 0.1) is 5.41 Å². The van der Waals surface area contributed by atoms with Gasteiger partial charge in [-0.15, -0.1) is 0 Å². The lowest BCUT2D eigenvalue weighted by atomic mass is 9.63. The van der Waals surface area contributed by atoms with Crippen molar-refractivity contribution in [3.05, 3.63) is 0 Å². The van der Waals surface area contributed by atoms with Crippen molar-refractivity contribution in [2.24, 2.45) is 5.41 Å². The van der Waals surface area contributed by atoms with E-state index in [-0.39, 0.29) is 23.0 Å². The Hall–Kier alpha value is -0.610. The zero-order valence-electron chi connectivity index (χ0n) is 12.5. The Labute approximate surface area is 116 Å². The quantitative estimate of drug-likeness (QED) is 0.751. The molecule has 0 amide bonds.